The molecule has 0 spiro atoms. The summed E-state index contributed by atoms with van der Waals surface area (Å²) in [5.41, 5.74) is 2.17. The summed E-state index contributed by atoms with van der Waals surface area (Å²) in [6.45, 7) is 4.42. The van der Waals surface area contributed by atoms with Gasteiger partial charge < -0.3 is 10.1 Å². The number of hydrogen-bond acceptors (Lipinski definition) is 3. The molecule has 2 aromatic rings. The lowest BCUT2D eigenvalue weighted by atomic mass is 10.1. The highest BCUT2D eigenvalue weighted by molar-refractivity contribution is 6.34. The van der Waals surface area contributed by atoms with E-state index in [9.17, 15) is 4.79 Å². The van der Waals surface area contributed by atoms with Crippen molar-refractivity contribution in [1.29, 1.82) is 0 Å². The first-order chi connectivity index (χ1) is 10.6. The van der Waals surface area contributed by atoms with Crippen LogP contribution in [0.3, 0.4) is 0 Å². The third-order valence-electron chi connectivity index (χ3n) is 3.86. The molecular formula is C16H18ClN3O2. The molecule has 1 aliphatic rings. The van der Waals surface area contributed by atoms with Crippen molar-refractivity contribution in [1.82, 2.24) is 10.2 Å². The monoisotopic (exact) mass is 319 g/mol. The molecule has 0 radical (unpaired) electrons. The van der Waals surface area contributed by atoms with Crippen molar-refractivity contribution in [2.24, 2.45) is 5.92 Å². The van der Waals surface area contributed by atoms with Crippen LogP contribution in [-0.4, -0.2) is 22.7 Å². The number of anilines is 1. The second-order valence-electron chi connectivity index (χ2n) is 5.64. The van der Waals surface area contributed by atoms with Crippen LogP contribution in [0, 0.1) is 19.8 Å². The van der Waals surface area contributed by atoms with E-state index in [1.807, 2.05) is 13.8 Å². The zero-order valence-electron chi connectivity index (χ0n) is 12.6. The number of carbonyl (C=O) groups excluding carboxylic acids is 1. The molecule has 1 saturated carbocycles. The Morgan fingerprint density at radius 1 is 1.45 bits per heavy atom. The highest BCUT2D eigenvalue weighted by Gasteiger charge is 2.24. The van der Waals surface area contributed by atoms with E-state index in [0.717, 1.165) is 11.3 Å². The van der Waals surface area contributed by atoms with Gasteiger partial charge in [-0.15, -0.1) is 0 Å². The van der Waals surface area contributed by atoms with Gasteiger partial charge in [-0.1, -0.05) is 17.7 Å². The first kappa shape index (κ1) is 14.9. The SMILES string of the molecule is Cc1[nH]nc(NC(=O)c2c(Cl)cccc2OCC2CC2)c1C. The first-order valence-corrected chi connectivity index (χ1v) is 7.68. The lowest BCUT2D eigenvalue weighted by Gasteiger charge is -2.12. The van der Waals surface area contributed by atoms with Gasteiger partial charge in [0, 0.05) is 11.3 Å². The molecule has 2 N–H and O–H groups in total. The Kier molecular flexibility index (Phi) is 4.07. The molecular weight excluding hydrogens is 302 g/mol. The number of hydrogen-bond donors (Lipinski definition) is 2. The van der Waals surface area contributed by atoms with Gasteiger partial charge in [0.25, 0.3) is 5.91 Å². The molecule has 0 aliphatic heterocycles. The number of benzene rings is 1. The van der Waals surface area contributed by atoms with Crippen molar-refractivity contribution in [2.75, 3.05) is 11.9 Å². The summed E-state index contributed by atoms with van der Waals surface area (Å²) in [7, 11) is 0. The molecule has 5 nitrogen and oxygen atoms in total. The Labute approximate surface area is 134 Å². The van der Waals surface area contributed by atoms with Crippen molar-refractivity contribution < 1.29 is 9.53 Å². The van der Waals surface area contributed by atoms with E-state index in [4.69, 9.17) is 16.3 Å². The van der Waals surface area contributed by atoms with Gasteiger partial charge in [0.05, 0.1) is 11.6 Å². The molecule has 1 amide bonds. The normalized spacial score (nSPS) is 14.0. The molecule has 1 aromatic heterocycles. The van der Waals surface area contributed by atoms with Crippen molar-refractivity contribution in [3.63, 3.8) is 0 Å². The summed E-state index contributed by atoms with van der Waals surface area (Å²) in [4.78, 5) is 12.5. The average molecular weight is 320 g/mol. The van der Waals surface area contributed by atoms with Gasteiger partial charge >= 0.3 is 0 Å². The summed E-state index contributed by atoms with van der Waals surface area (Å²) in [5, 5.41) is 10.1. The molecule has 3 rings (SSSR count). The van der Waals surface area contributed by atoms with Crippen LogP contribution >= 0.6 is 11.6 Å². The average Bonchev–Trinajstić information content (AvgIpc) is 3.27. The quantitative estimate of drug-likeness (QED) is 0.882. The topological polar surface area (TPSA) is 67.0 Å². The zero-order chi connectivity index (χ0) is 15.7. The van der Waals surface area contributed by atoms with E-state index in [0.29, 0.717) is 34.7 Å². The van der Waals surface area contributed by atoms with E-state index in [2.05, 4.69) is 15.5 Å². The third-order valence-corrected chi connectivity index (χ3v) is 4.17. The summed E-state index contributed by atoms with van der Waals surface area (Å²) < 4.78 is 5.76. The van der Waals surface area contributed by atoms with E-state index >= 15 is 0 Å². The number of H-pyrrole nitrogens is 1. The van der Waals surface area contributed by atoms with Gasteiger partial charge in [-0.25, -0.2) is 0 Å². The van der Waals surface area contributed by atoms with Gasteiger partial charge in [0.15, 0.2) is 5.82 Å². The molecule has 1 heterocycles. The van der Waals surface area contributed by atoms with E-state index < -0.39 is 0 Å². The highest BCUT2D eigenvalue weighted by atomic mass is 35.5. The highest BCUT2D eigenvalue weighted by Crippen LogP contribution is 2.32. The molecule has 0 bridgehead atoms. The standard InChI is InChI=1S/C16H18ClN3O2/c1-9-10(2)19-20-15(9)18-16(21)14-12(17)4-3-5-13(14)22-8-11-6-7-11/h3-5,11H,6-8H2,1-2H3,(H2,18,19,20,21). The van der Waals surface area contributed by atoms with Crippen molar-refractivity contribution in [3.8, 4) is 5.75 Å². The van der Waals surface area contributed by atoms with Crippen LogP contribution in [0.4, 0.5) is 5.82 Å². The summed E-state index contributed by atoms with van der Waals surface area (Å²) >= 11 is 6.20. The second kappa shape index (κ2) is 6.01. The van der Waals surface area contributed by atoms with Gasteiger partial charge in [-0.2, -0.15) is 5.10 Å². The molecule has 0 saturated heterocycles. The molecule has 6 heteroatoms. The van der Waals surface area contributed by atoms with Crippen molar-refractivity contribution in [3.05, 3.63) is 40.0 Å². The largest absolute Gasteiger partial charge is 0.492 e. The van der Waals surface area contributed by atoms with Crippen LogP contribution in [0.2, 0.25) is 5.02 Å². The number of aromatic nitrogens is 2. The maximum absolute atomic E-state index is 12.5. The van der Waals surface area contributed by atoms with Crippen molar-refractivity contribution in [2.45, 2.75) is 26.7 Å². The number of nitrogens with zero attached hydrogens (tertiary/aromatic N) is 1. The fourth-order valence-electron chi connectivity index (χ4n) is 2.11. The zero-order valence-corrected chi connectivity index (χ0v) is 13.3. The number of rotatable bonds is 5. The van der Waals surface area contributed by atoms with Gasteiger partial charge in [-0.05, 0) is 44.7 Å². The molecule has 1 aliphatic carbocycles. The fourth-order valence-corrected chi connectivity index (χ4v) is 2.37. The van der Waals surface area contributed by atoms with E-state index in [1.54, 1.807) is 18.2 Å². The number of amides is 1. The predicted octanol–water partition coefficient (Wildman–Crippen LogP) is 3.72. The Morgan fingerprint density at radius 2 is 2.23 bits per heavy atom. The van der Waals surface area contributed by atoms with Crippen LogP contribution in [0.5, 0.6) is 5.75 Å². The number of carbonyl (C=O) groups is 1. The summed E-state index contributed by atoms with van der Waals surface area (Å²) in [6, 6.07) is 5.24. The maximum atomic E-state index is 12.5. The Hall–Kier alpha value is -2.01. The Morgan fingerprint density at radius 3 is 2.86 bits per heavy atom. The van der Waals surface area contributed by atoms with Crippen LogP contribution in [0.1, 0.15) is 34.5 Å². The fraction of sp³-hybridized carbons (Fsp3) is 0.375. The van der Waals surface area contributed by atoms with Crippen LogP contribution in [0.25, 0.3) is 0 Å². The minimum atomic E-state index is -0.314. The van der Waals surface area contributed by atoms with Gasteiger partial charge in [-0.3, -0.25) is 9.89 Å². The van der Waals surface area contributed by atoms with Crippen LogP contribution < -0.4 is 10.1 Å². The van der Waals surface area contributed by atoms with E-state index in [1.165, 1.54) is 12.8 Å². The third kappa shape index (κ3) is 3.09. The molecule has 116 valence electrons. The minimum absolute atomic E-state index is 0.314. The minimum Gasteiger partial charge on any atom is -0.492 e. The lowest BCUT2D eigenvalue weighted by Crippen LogP contribution is -2.15. The molecule has 0 atom stereocenters. The lowest BCUT2D eigenvalue weighted by molar-refractivity contribution is 0.102. The van der Waals surface area contributed by atoms with Crippen LogP contribution in [0.15, 0.2) is 18.2 Å². The number of nitrogens with one attached hydrogen (secondary N) is 2. The molecule has 0 unspecified atom stereocenters. The van der Waals surface area contributed by atoms with Gasteiger partial charge in [0.2, 0.25) is 0 Å². The number of aryl methyl sites for hydroxylation is 1. The Balaban J connectivity index is 1.82. The first-order valence-electron chi connectivity index (χ1n) is 7.30. The summed E-state index contributed by atoms with van der Waals surface area (Å²) in [5.74, 6) is 1.31. The Bertz CT molecular complexity index is 707. The molecule has 1 aromatic carbocycles. The maximum Gasteiger partial charge on any atom is 0.262 e. The smallest absolute Gasteiger partial charge is 0.262 e. The van der Waals surface area contributed by atoms with Gasteiger partial charge in [0.1, 0.15) is 11.3 Å². The predicted molar refractivity (Wildman–Crippen MR) is 85.7 cm³/mol. The second-order valence-corrected chi connectivity index (χ2v) is 6.05. The van der Waals surface area contributed by atoms with E-state index in [-0.39, 0.29) is 5.91 Å². The number of aromatic amines is 1. The number of halogens is 1. The molecule has 22 heavy (non-hydrogen) atoms. The number of ether oxygens (including phenoxy) is 1. The molecule has 1 fully saturated rings. The summed E-state index contributed by atoms with van der Waals surface area (Å²) in [6.07, 6.45) is 2.38. The van der Waals surface area contributed by atoms with Crippen LogP contribution in [-0.2, 0) is 0 Å². The van der Waals surface area contributed by atoms with Crippen molar-refractivity contribution >= 4 is 23.3 Å².